The Labute approximate surface area is 142 Å². The summed E-state index contributed by atoms with van der Waals surface area (Å²) < 4.78 is 5.01. The molecule has 0 unspecified atom stereocenters. The van der Waals surface area contributed by atoms with E-state index in [4.69, 9.17) is 4.52 Å². The minimum atomic E-state index is -0.0722. The van der Waals surface area contributed by atoms with Crippen LogP contribution in [0.2, 0.25) is 0 Å². The lowest BCUT2D eigenvalue weighted by atomic mass is 10.3. The van der Waals surface area contributed by atoms with Gasteiger partial charge in [-0.15, -0.1) is 11.3 Å². The van der Waals surface area contributed by atoms with Gasteiger partial charge in [0, 0.05) is 32.2 Å². The molecule has 0 atom stereocenters. The summed E-state index contributed by atoms with van der Waals surface area (Å²) in [5.74, 6) is 1.53. The average Bonchev–Trinajstić information content (AvgIpc) is 3.17. The second kappa shape index (κ2) is 6.20. The topological polar surface area (TPSA) is 75.4 Å². The maximum atomic E-state index is 12.5. The Bertz CT molecular complexity index is 874. The molecule has 1 amide bonds. The standard InChI is InChI=1S/C16H17N5O2S/c1-11-9-13(19-23-11)16(22)21-5-2-4-20(6-7-21)14-12-3-8-24-15(12)18-10-17-14/h3,8-10H,2,4-7H2,1H3. The molecule has 0 N–H and O–H groups in total. The second-order valence-corrected chi connectivity index (χ2v) is 6.69. The highest BCUT2D eigenvalue weighted by atomic mass is 32.1. The van der Waals surface area contributed by atoms with Gasteiger partial charge in [0.15, 0.2) is 5.69 Å². The van der Waals surface area contributed by atoms with Crippen molar-refractivity contribution in [1.82, 2.24) is 20.0 Å². The highest BCUT2D eigenvalue weighted by Crippen LogP contribution is 2.27. The summed E-state index contributed by atoms with van der Waals surface area (Å²) in [4.78, 5) is 26.4. The molecule has 0 radical (unpaired) electrons. The van der Waals surface area contributed by atoms with Gasteiger partial charge in [0.1, 0.15) is 22.7 Å². The Morgan fingerprint density at radius 1 is 1.25 bits per heavy atom. The van der Waals surface area contributed by atoms with Gasteiger partial charge in [-0.2, -0.15) is 0 Å². The van der Waals surface area contributed by atoms with Crippen molar-refractivity contribution < 1.29 is 9.32 Å². The number of thiophene rings is 1. The summed E-state index contributed by atoms with van der Waals surface area (Å²) in [6.07, 6.45) is 2.50. The molecule has 8 heteroatoms. The fourth-order valence-corrected chi connectivity index (χ4v) is 3.72. The number of fused-ring (bicyclic) bond motifs is 1. The number of aromatic nitrogens is 3. The first-order valence-electron chi connectivity index (χ1n) is 7.88. The zero-order chi connectivity index (χ0) is 16.5. The number of carbonyl (C=O) groups excluding carboxylic acids is 1. The summed E-state index contributed by atoms with van der Waals surface area (Å²) in [6.45, 7) is 4.74. The van der Waals surface area contributed by atoms with Crippen LogP contribution in [0.4, 0.5) is 5.82 Å². The first-order chi connectivity index (χ1) is 11.7. The van der Waals surface area contributed by atoms with Gasteiger partial charge in [0.2, 0.25) is 0 Å². The van der Waals surface area contributed by atoms with Crippen LogP contribution in [0.25, 0.3) is 10.2 Å². The van der Waals surface area contributed by atoms with Crippen molar-refractivity contribution in [3.63, 3.8) is 0 Å². The van der Waals surface area contributed by atoms with Gasteiger partial charge in [-0.1, -0.05) is 5.16 Å². The molecule has 0 aliphatic carbocycles. The smallest absolute Gasteiger partial charge is 0.276 e. The molecule has 24 heavy (non-hydrogen) atoms. The van der Waals surface area contributed by atoms with Crippen LogP contribution < -0.4 is 4.90 Å². The van der Waals surface area contributed by atoms with Crippen molar-refractivity contribution in [2.75, 3.05) is 31.1 Å². The maximum Gasteiger partial charge on any atom is 0.276 e. The van der Waals surface area contributed by atoms with E-state index in [0.717, 1.165) is 35.5 Å². The lowest BCUT2D eigenvalue weighted by Gasteiger charge is -2.22. The zero-order valence-corrected chi connectivity index (χ0v) is 14.1. The summed E-state index contributed by atoms with van der Waals surface area (Å²) in [5, 5.41) is 6.94. The van der Waals surface area contributed by atoms with E-state index in [2.05, 4.69) is 26.1 Å². The molecule has 0 saturated carbocycles. The van der Waals surface area contributed by atoms with Gasteiger partial charge in [-0.3, -0.25) is 4.79 Å². The zero-order valence-electron chi connectivity index (χ0n) is 13.3. The Morgan fingerprint density at radius 3 is 3.00 bits per heavy atom. The fraction of sp³-hybridized carbons (Fsp3) is 0.375. The van der Waals surface area contributed by atoms with E-state index in [1.165, 1.54) is 0 Å². The van der Waals surface area contributed by atoms with Crippen molar-refractivity contribution in [3.8, 4) is 0 Å². The van der Waals surface area contributed by atoms with Crippen LogP contribution in [-0.4, -0.2) is 52.1 Å². The molecular weight excluding hydrogens is 326 g/mol. The number of amides is 1. The van der Waals surface area contributed by atoms with Gasteiger partial charge in [0.25, 0.3) is 5.91 Å². The Balaban J connectivity index is 1.52. The second-order valence-electron chi connectivity index (χ2n) is 5.79. The number of anilines is 1. The number of carbonyl (C=O) groups is 1. The summed E-state index contributed by atoms with van der Waals surface area (Å²) in [6, 6.07) is 3.74. The van der Waals surface area contributed by atoms with E-state index in [-0.39, 0.29) is 5.91 Å². The predicted molar refractivity (Wildman–Crippen MR) is 91.4 cm³/mol. The van der Waals surface area contributed by atoms with Crippen LogP contribution in [0.5, 0.6) is 0 Å². The SMILES string of the molecule is Cc1cc(C(=O)N2CCCN(c3ncnc4sccc34)CC2)no1. The molecule has 7 nitrogen and oxygen atoms in total. The number of hydrogen-bond acceptors (Lipinski definition) is 7. The van der Waals surface area contributed by atoms with Gasteiger partial charge >= 0.3 is 0 Å². The van der Waals surface area contributed by atoms with Gasteiger partial charge in [0.05, 0.1) is 5.39 Å². The molecule has 4 rings (SSSR count). The third kappa shape index (κ3) is 2.73. The van der Waals surface area contributed by atoms with Crippen LogP contribution in [0.1, 0.15) is 22.7 Å². The van der Waals surface area contributed by atoms with Gasteiger partial charge < -0.3 is 14.3 Å². The monoisotopic (exact) mass is 343 g/mol. The van der Waals surface area contributed by atoms with Crippen molar-refractivity contribution in [3.05, 3.63) is 35.3 Å². The molecule has 0 aromatic carbocycles. The fourth-order valence-electron chi connectivity index (χ4n) is 2.99. The highest BCUT2D eigenvalue weighted by Gasteiger charge is 2.24. The minimum Gasteiger partial charge on any atom is -0.361 e. The quantitative estimate of drug-likeness (QED) is 0.711. The Kier molecular flexibility index (Phi) is 3.89. The van der Waals surface area contributed by atoms with Crippen molar-refractivity contribution in [1.29, 1.82) is 0 Å². The molecule has 3 aromatic heterocycles. The van der Waals surface area contributed by atoms with Gasteiger partial charge in [-0.05, 0) is 24.8 Å². The number of nitrogens with zero attached hydrogens (tertiary/aromatic N) is 5. The molecule has 1 aliphatic rings. The first kappa shape index (κ1) is 15.1. The molecule has 124 valence electrons. The van der Waals surface area contributed by atoms with Crippen LogP contribution in [0, 0.1) is 6.92 Å². The lowest BCUT2D eigenvalue weighted by molar-refractivity contribution is 0.0756. The number of hydrogen-bond donors (Lipinski definition) is 0. The molecule has 0 bridgehead atoms. The van der Waals surface area contributed by atoms with Gasteiger partial charge in [-0.25, -0.2) is 9.97 Å². The summed E-state index contributed by atoms with van der Waals surface area (Å²) in [7, 11) is 0. The summed E-state index contributed by atoms with van der Waals surface area (Å²) >= 11 is 1.61. The molecule has 3 aromatic rings. The number of rotatable bonds is 2. The Morgan fingerprint density at radius 2 is 2.17 bits per heavy atom. The third-order valence-electron chi connectivity index (χ3n) is 4.17. The van der Waals surface area contributed by atoms with Crippen molar-refractivity contribution in [2.24, 2.45) is 0 Å². The minimum absolute atomic E-state index is 0.0722. The predicted octanol–water partition coefficient (Wildman–Crippen LogP) is 2.34. The highest BCUT2D eigenvalue weighted by molar-refractivity contribution is 7.16. The largest absolute Gasteiger partial charge is 0.361 e. The van der Waals surface area contributed by atoms with E-state index >= 15 is 0 Å². The molecule has 1 saturated heterocycles. The van der Waals surface area contributed by atoms with Crippen LogP contribution in [-0.2, 0) is 0 Å². The van der Waals surface area contributed by atoms with E-state index < -0.39 is 0 Å². The van der Waals surface area contributed by atoms with Crippen LogP contribution in [0.15, 0.2) is 28.4 Å². The van der Waals surface area contributed by atoms with E-state index in [0.29, 0.717) is 24.5 Å². The summed E-state index contributed by atoms with van der Waals surface area (Å²) in [5.41, 5.74) is 0.378. The molecule has 1 fully saturated rings. The third-order valence-corrected chi connectivity index (χ3v) is 4.99. The molecular formula is C16H17N5O2S. The Hall–Kier alpha value is -2.48. The van der Waals surface area contributed by atoms with Crippen LogP contribution >= 0.6 is 11.3 Å². The van der Waals surface area contributed by atoms with Crippen molar-refractivity contribution in [2.45, 2.75) is 13.3 Å². The van der Waals surface area contributed by atoms with E-state index in [9.17, 15) is 4.79 Å². The first-order valence-corrected chi connectivity index (χ1v) is 8.76. The lowest BCUT2D eigenvalue weighted by Crippen LogP contribution is -2.35. The molecule has 1 aliphatic heterocycles. The van der Waals surface area contributed by atoms with E-state index in [1.54, 1.807) is 30.7 Å². The average molecular weight is 343 g/mol. The number of aryl methyl sites for hydroxylation is 1. The van der Waals surface area contributed by atoms with Crippen LogP contribution in [0.3, 0.4) is 0 Å². The maximum absolute atomic E-state index is 12.5. The van der Waals surface area contributed by atoms with Crippen molar-refractivity contribution >= 4 is 33.3 Å². The molecule has 4 heterocycles. The van der Waals surface area contributed by atoms with E-state index in [1.807, 2.05) is 10.3 Å². The normalized spacial score (nSPS) is 15.7. The molecule has 0 spiro atoms.